The second-order valence-corrected chi connectivity index (χ2v) is 8.58. The van der Waals surface area contributed by atoms with Crippen molar-refractivity contribution in [1.29, 1.82) is 0 Å². The lowest BCUT2D eigenvalue weighted by Crippen LogP contribution is -2.14. The standard InChI is InChI=1S/C19H14Cl2N4O2S/c20-17-6-3-7-18(21)16(17)11-25-12-22-19(23-25)24-28(26,27)15-9-8-13-4-1-2-5-14(13)10-15/h1-10,12H,11H2,(H,23,24). The summed E-state index contributed by atoms with van der Waals surface area (Å²) in [5, 5.41) is 6.95. The molecule has 1 N–H and O–H groups in total. The monoisotopic (exact) mass is 432 g/mol. The Morgan fingerprint density at radius 2 is 1.64 bits per heavy atom. The van der Waals surface area contributed by atoms with E-state index in [1.165, 1.54) is 11.0 Å². The molecule has 3 aromatic carbocycles. The van der Waals surface area contributed by atoms with Crippen LogP contribution >= 0.6 is 23.2 Å². The Kier molecular flexibility index (Phi) is 4.97. The average Bonchev–Trinajstić information content (AvgIpc) is 3.11. The third-order valence-electron chi connectivity index (χ3n) is 4.18. The Bertz CT molecular complexity index is 1250. The van der Waals surface area contributed by atoms with E-state index in [0.29, 0.717) is 15.6 Å². The molecule has 0 atom stereocenters. The molecule has 0 unspecified atom stereocenters. The third-order valence-corrected chi connectivity index (χ3v) is 6.21. The summed E-state index contributed by atoms with van der Waals surface area (Å²) in [6.45, 7) is 0.267. The molecule has 0 aliphatic heterocycles. The molecule has 0 amide bonds. The zero-order chi connectivity index (χ0) is 19.7. The van der Waals surface area contributed by atoms with E-state index >= 15 is 0 Å². The molecular formula is C19H14Cl2N4O2S. The maximum absolute atomic E-state index is 12.7. The third kappa shape index (κ3) is 3.82. The number of nitrogens with one attached hydrogen (secondary N) is 1. The summed E-state index contributed by atoms with van der Waals surface area (Å²) < 4.78 is 29.2. The van der Waals surface area contributed by atoms with Crippen LogP contribution in [0.3, 0.4) is 0 Å². The molecule has 0 fully saturated rings. The summed E-state index contributed by atoms with van der Waals surface area (Å²) in [4.78, 5) is 4.16. The molecule has 0 aliphatic carbocycles. The molecule has 0 bridgehead atoms. The highest BCUT2D eigenvalue weighted by Gasteiger charge is 2.17. The maximum atomic E-state index is 12.7. The van der Waals surface area contributed by atoms with Crippen LogP contribution in [0.4, 0.5) is 5.95 Å². The van der Waals surface area contributed by atoms with Gasteiger partial charge in [-0.3, -0.25) is 0 Å². The first kappa shape index (κ1) is 18.7. The summed E-state index contributed by atoms with van der Waals surface area (Å²) >= 11 is 12.3. The summed E-state index contributed by atoms with van der Waals surface area (Å²) in [5.41, 5.74) is 0.680. The van der Waals surface area contributed by atoms with E-state index in [0.717, 1.165) is 10.8 Å². The first-order valence-corrected chi connectivity index (χ1v) is 10.5. The van der Waals surface area contributed by atoms with E-state index in [2.05, 4.69) is 14.8 Å². The van der Waals surface area contributed by atoms with Gasteiger partial charge in [-0.25, -0.2) is 17.8 Å². The fourth-order valence-corrected chi connectivity index (χ4v) is 4.27. The lowest BCUT2D eigenvalue weighted by Gasteiger charge is -2.07. The van der Waals surface area contributed by atoms with Crippen LogP contribution in [-0.4, -0.2) is 23.2 Å². The number of nitrogens with zero attached hydrogens (tertiary/aromatic N) is 3. The molecule has 0 saturated carbocycles. The van der Waals surface area contributed by atoms with E-state index in [-0.39, 0.29) is 17.4 Å². The van der Waals surface area contributed by atoms with Crippen molar-refractivity contribution in [2.45, 2.75) is 11.4 Å². The Morgan fingerprint density at radius 1 is 0.929 bits per heavy atom. The minimum absolute atomic E-state index is 0.0312. The van der Waals surface area contributed by atoms with Gasteiger partial charge < -0.3 is 0 Å². The van der Waals surface area contributed by atoms with Gasteiger partial charge in [0.25, 0.3) is 16.0 Å². The summed E-state index contributed by atoms with van der Waals surface area (Å²) in [7, 11) is -3.82. The molecule has 0 spiro atoms. The van der Waals surface area contributed by atoms with Crippen LogP contribution in [0.25, 0.3) is 10.8 Å². The lowest BCUT2D eigenvalue weighted by molar-refractivity contribution is 0.600. The van der Waals surface area contributed by atoms with E-state index < -0.39 is 10.0 Å². The first-order chi connectivity index (χ1) is 13.4. The fraction of sp³-hybridized carbons (Fsp3) is 0.0526. The molecule has 1 aromatic heterocycles. The quantitative estimate of drug-likeness (QED) is 0.500. The molecule has 0 saturated heterocycles. The number of sulfonamides is 1. The highest BCUT2D eigenvalue weighted by molar-refractivity contribution is 7.92. The fourth-order valence-electron chi connectivity index (χ4n) is 2.78. The van der Waals surface area contributed by atoms with Gasteiger partial charge in [0.1, 0.15) is 6.33 Å². The van der Waals surface area contributed by atoms with Crippen LogP contribution in [0.15, 0.2) is 71.9 Å². The van der Waals surface area contributed by atoms with Crippen LogP contribution in [0, 0.1) is 0 Å². The number of aromatic nitrogens is 3. The van der Waals surface area contributed by atoms with Crippen molar-refractivity contribution in [2.75, 3.05) is 4.72 Å². The van der Waals surface area contributed by atoms with Crippen molar-refractivity contribution < 1.29 is 8.42 Å². The number of fused-ring (bicyclic) bond motifs is 1. The van der Waals surface area contributed by atoms with Gasteiger partial charge >= 0.3 is 0 Å². The van der Waals surface area contributed by atoms with E-state index in [9.17, 15) is 8.42 Å². The Hall–Kier alpha value is -2.61. The summed E-state index contributed by atoms with van der Waals surface area (Å²) in [6.07, 6.45) is 1.41. The number of anilines is 1. The predicted octanol–water partition coefficient (Wildman–Crippen LogP) is 4.59. The molecule has 142 valence electrons. The van der Waals surface area contributed by atoms with Crippen molar-refractivity contribution >= 4 is 49.9 Å². The molecule has 9 heteroatoms. The van der Waals surface area contributed by atoms with Crippen LogP contribution in [-0.2, 0) is 16.6 Å². The molecule has 4 aromatic rings. The lowest BCUT2D eigenvalue weighted by atomic mass is 10.1. The second kappa shape index (κ2) is 7.43. The van der Waals surface area contributed by atoms with E-state index in [1.807, 2.05) is 24.3 Å². The predicted molar refractivity (Wildman–Crippen MR) is 110 cm³/mol. The van der Waals surface area contributed by atoms with Crippen LogP contribution in [0.2, 0.25) is 10.0 Å². The molecule has 28 heavy (non-hydrogen) atoms. The Balaban J connectivity index is 1.57. The largest absolute Gasteiger partial charge is 0.264 e. The SMILES string of the molecule is O=S(=O)(Nc1ncn(Cc2c(Cl)cccc2Cl)n1)c1ccc2ccccc2c1. The molecule has 6 nitrogen and oxygen atoms in total. The molecule has 4 rings (SSSR count). The van der Waals surface area contributed by atoms with Gasteiger partial charge in [-0.05, 0) is 35.0 Å². The average molecular weight is 433 g/mol. The zero-order valence-electron chi connectivity index (χ0n) is 14.4. The molecule has 0 radical (unpaired) electrons. The van der Waals surface area contributed by atoms with E-state index in [4.69, 9.17) is 23.2 Å². The van der Waals surface area contributed by atoms with Crippen molar-refractivity contribution in [2.24, 2.45) is 0 Å². The van der Waals surface area contributed by atoms with Crippen LogP contribution < -0.4 is 4.72 Å². The number of hydrogen-bond donors (Lipinski definition) is 1. The minimum Gasteiger partial charge on any atom is -0.246 e. The highest BCUT2D eigenvalue weighted by Crippen LogP contribution is 2.25. The van der Waals surface area contributed by atoms with Crippen molar-refractivity contribution in [1.82, 2.24) is 14.8 Å². The van der Waals surface area contributed by atoms with Crippen molar-refractivity contribution in [3.8, 4) is 0 Å². The van der Waals surface area contributed by atoms with Gasteiger partial charge in [0.05, 0.1) is 11.4 Å². The topological polar surface area (TPSA) is 76.9 Å². The summed E-state index contributed by atoms with van der Waals surface area (Å²) in [6, 6.07) is 17.6. The summed E-state index contributed by atoms with van der Waals surface area (Å²) in [5.74, 6) is -0.0312. The van der Waals surface area contributed by atoms with Crippen LogP contribution in [0.1, 0.15) is 5.56 Å². The zero-order valence-corrected chi connectivity index (χ0v) is 16.7. The molecular weight excluding hydrogens is 419 g/mol. The maximum Gasteiger partial charge on any atom is 0.264 e. The van der Waals surface area contributed by atoms with Gasteiger partial charge in [0, 0.05) is 15.6 Å². The van der Waals surface area contributed by atoms with Crippen LogP contribution in [0.5, 0.6) is 0 Å². The van der Waals surface area contributed by atoms with Crippen molar-refractivity contribution in [3.63, 3.8) is 0 Å². The van der Waals surface area contributed by atoms with Gasteiger partial charge in [-0.1, -0.05) is 59.6 Å². The highest BCUT2D eigenvalue weighted by atomic mass is 35.5. The number of rotatable bonds is 5. The first-order valence-electron chi connectivity index (χ1n) is 8.26. The van der Waals surface area contributed by atoms with Gasteiger partial charge in [0.15, 0.2) is 0 Å². The Labute approximate surface area is 171 Å². The van der Waals surface area contributed by atoms with Gasteiger partial charge in [0.2, 0.25) is 0 Å². The number of benzene rings is 3. The molecule has 1 heterocycles. The molecule has 0 aliphatic rings. The van der Waals surface area contributed by atoms with E-state index in [1.54, 1.807) is 36.4 Å². The minimum atomic E-state index is -3.82. The smallest absolute Gasteiger partial charge is 0.246 e. The Morgan fingerprint density at radius 3 is 2.39 bits per heavy atom. The van der Waals surface area contributed by atoms with Gasteiger partial charge in [-0.2, -0.15) is 4.98 Å². The number of hydrogen-bond acceptors (Lipinski definition) is 4. The van der Waals surface area contributed by atoms with Gasteiger partial charge in [-0.15, -0.1) is 5.10 Å². The van der Waals surface area contributed by atoms with Crippen molar-refractivity contribution in [3.05, 3.63) is 82.6 Å². The number of halogens is 2. The normalized spacial score (nSPS) is 11.6. The second-order valence-electron chi connectivity index (χ2n) is 6.08.